The number of hydrogen-bond donors (Lipinski definition) is 0. The fourth-order valence-corrected chi connectivity index (χ4v) is 6.46. The lowest BCUT2D eigenvalue weighted by molar-refractivity contribution is 0.670. The lowest BCUT2D eigenvalue weighted by Crippen LogP contribution is -2.00. The molecular formula is C45H29N3O. The first-order chi connectivity index (χ1) is 24.3. The number of nitrogens with zero attached hydrogens (tertiary/aromatic N) is 3. The molecule has 0 radical (unpaired) electrons. The molecule has 9 rings (SSSR count). The average molecular weight is 628 g/mol. The number of furan rings is 1. The molecule has 2 heterocycles. The minimum atomic E-state index is 0.604. The van der Waals surface area contributed by atoms with Crippen LogP contribution in [0, 0.1) is 0 Å². The van der Waals surface area contributed by atoms with Crippen LogP contribution in [0.4, 0.5) is 0 Å². The van der Waals surface area contributed by atoms with Crippen molar-refractivity contribution in [1.29, 1.82) is 0 Å². The van der Waals surface area contributed by atoms with E-state index in [9.17, 15) is 0 Å². The van der Waals surface area contributed by atoms with Gasteiger partial charge in [-0.05, 0) is 52.1 Å². The fraction of sp³-hybridized carbons (Fsp3) is 0. The van der Waals surface area contributed by atoms with E-state index in [1.165, 1.54) is 5.56 Å². The Morgan fingerprint density at radius 1 is 0.306 bits per heavy atom. The van der Waals surface area contributed by atoms with Crippen molar-refractivity contribution in [1.82, 2.24) is 15.0 Å². The molecule has 0 saturated heterocycles. The number of fused-ring (bicyclic) bond motifs is 3. The summed E-state index contributed by atoms with van der Waals surface area (Å²) in [6, 6.07) is 60.4. The second kappa shape index (κ2) is 12.2. The SMILES string of the molecule is c1ccc(-c2ccc(-c3nc(-c4cccc(-c5ccccc5)c4)nc(-c4ccc5oc6c(-c7ccccc7)cccc6c5c4)n3)cc2)cc1. The van der Waals surface area contributed by atoms with Crippen molar-refractivity contribution in [3.05, 3.63) is 176 Å². The van der Waals surface area contributed by atoms with E-state index in [0.717, 1.165) is 66.4 Å². The highest BCUT2D eigenvalue weighted by molar-refractivity contribution is 6.10. The zero-order valence-corrected chi connectivity index (χ0v) is 26.5. The Labute approximate surface area is 284 Å². The number of benzene rings is 7. The summed E-state index contributed by atoms with van der Waals surface area (Å²) < 4.78 is 6.46. The van der Waals surface area contributed by atoms with Crippen LogP contribution in [-0.2, 0) is 0 Å². The van der Waals surface area contributed by atoms with Crippen LogP contribution in [0.3, 0.4) is 0 Å². The summed E-state index contributed by atoms with van der Waals surface area (Å²) in [7, 11) is 0. The van der Waals surface area contributed by atoms with E-state index in [1.807, 2.05) is 30.3 Å². The van der Waals surface area contributed by atoms with E-state index >= 15 is 0 Å². The van der Waals surface area contributed by atoms with Crippen molar-refractivity contribution in [3.63, 3.8) is 0 Å². The first-order valence-corrected chi connectivity index (χ1v) is 16.4. The van der Waals surface area contributed by atoms with E-state index in [0.29, 0.717) is 17.5 Å². The molecule has 0 bridgehead atoms. The fourth-order valence-electron chi connectivity index (χ4n) is 6.46. The van der Waals surface area contributed by atoms with Gasteiger partial charge in [-0.25, -0.2) is 15.0 Å². The van der Waals surface area contributed by atoms with E-state index in [2.05, 4.69) is 146 Å². The summed E-state index contributed by atoms with van der Waals surface area (Å²) in [6.45, 7) is 0. The van der Waals surface area contributed by atoms with Crippen LogP contribution < -0.4 is 0 Å². The summed E-state index contributed by atoms with van der Waals surface area (Å²) in [5.41, 5.74) is 11.2. The Bertz CT molecular complexity index is 2580. The highest BCUT2D eigenvalue weighted by atomic mass is 16.3. The monoisotopic (exact) mass is 627 g/mol. The molecule has 4 nitrogen and oxygen atoms in total. The first-order valence-electron chi connectivity index (χ1n) is 16.4. The standard InChI is InChI=1S/C45H29N3O/c1-4-12-30(13-5-1)32-22-24-34(25-23-32)43-46-44(36-19-10-18-35(28-36)31-14-6-2-7-15-31)48-45(47-43)37-26-27-41-40(29-37)39-21-11-20-38(42(39)49-41)33-16-8-3-9-17-33/h1-29H. The molecule has 0 atom stereocenters. The van der Waals surface area contributed by atoms with Crippen molar-refractivity contribution >= 4 is 21.9 Å². The summed E-state index contributed by atoms with van der Waals surface area (Å²) in [4.78, 5) is 15.2. The van der Waals surface area contributed by atoms with Crippen LogP contribution in [0.25, 0.3) is 89.5 Å². The predicted molar refractivity (Wildman–Crippen MR) is 200 cm³/mol. The van der Waals surface area contributed by atoms with Gasteiger partial charge in [0.2, 0.25) is 0 Å². The maximum Gasteiger partial charge on any atom is 0.164 e. The average Bonchev–Trinajstić information content (AvgIpc) is 3.57. The third-order valence-electron chi connectivity index (χ3n) is 8.95. The maximum absolute atomic E-state index is 6.46. The van der Waals surface area contributed by atoms with E-state index in [4.69, 9.17) is 19.4 Å². The highest BCUT2D eigenvalue weighted by Crippen LogP contribution is 2.38. The van der Waals surface area contributed by atoms with Gasteiger partial charge >= 0.3 is 0 Å². The minimum Gasteiger partial charge on any atom is -0.455 e. The van der Waals surface area contributed by atoms with Crippen LogP contribution >= 0.6 is 0 Å². The molecule has 0 aliphatic carbocycles. The van der Waals surface area contributed by atoms with Gasteiger partial charge in [-0.1, -0.05) is 152 Å². The van der Waals surface area contributed by atoms with Crippen molar-refractivity contribution in [3.8, 4) is 67.5 Å². The van der Waals surface area contributed by atoms with Crippen LogP contribution in [0.5, 0.6) is 0 Å². The van der Waals surface area contributed by atoms with Crippen LogP contribution in [0.1, 0.15) is 0 Å². The van der Waals surface area contributed by atoms with Crippen LogP contribution in [0.2, 0.25) is 0 Å². The zero-order chi connectivity index (χ0) is 32.6. The largest absolute Gasteiger partial charge is 0.455 e. The summed E-state index contributed by atoms with van der Waals surface area (Å²) in [6.07, 6.45) is 0. The van der Waals surface area contributed by atoms with Gasteiger partial charge in [0.15, 0.2) is 17.5 Å². The maximum atomic E-state index is 6.46. The molecule has 0 aliphatic rings. The smallest absolute Gasteiger partial charge is 0.164 e. The third kappa shape index (κ3) is 5.45. The summed E-state index contributed by atoms with van der Waals surface area (Å²) in [5.74, 6) is 1.84. The Morgan fingerprint density at radius 3 is 1.45 bits per heavy atom. The van der Waals surface area contributed by atoms with Gasteiger partial charge in [0, 0.05) is 33.0 Å². The van der Waals surface area contributed by atoms with Gasteiger partial charge in [-0.15, -0.1) is 0 Å². The molecule has 0 unspecified atom stereocenters. The number of aromatic nitrogens is 3. The van der Waals surface area contributed by atoms with Crippen molar-refractivity contribution in [2.24, 2.45) is 0 Å². The lowest BCUT2D eigenvalue weighted by atomic mass is 10.0. The minimum absolute atomic E-state index is 0.604. The Hall–Kier alpha value is -6.65. The van der Waals surface area contributed by atoms with Crippen molar-refractivity contribution < 1.29 is 4.42 Å². The second-order valence-electron chi connectivity index (χ2n) is 12.1. The topological polar surface area (TPSA) is 51.8 Å². The molecule has 49 heavy (non-hydrogen) atoms. The normalized spacial score (nSPS) is 11.3. The Morgan fingerprint density at radius 2 is 0.776 bits per heavy atom. The van der Waals surface area contributed by atoms with Crippen molar-refractivity contribution in [2.45, 2.75) is 0 Å². The molecule has 9 aromatic rings. The molecule has 0 fully saturated rings. The summed E-state index contributed by atoms with van der Waals surface area (Å²) in [5, 5.41) is 2.08. The molecule has 230 valence electrons. The van der Waals surface area contributed by atoms with Gasteiger partial charge in [-0.3, -0.25) is 0 Å². The molecule has 0 aliphatic heterocycles. The molecule has 0 saturated carbocycles. The second-order valence-corrected chi connectivity index (χ2v) is 12.1. The molecule has 0 spiro atoms. The summed E-state index contributed by atoms with van der Waals surface area (Å²) >= 11 is 0. The zero-order valence-electron chi connectivity index (χ0n) is 26.5. The lowest BCUT2D eigenvalue weighted by Gasteiger charge is -2.10. The third-order valence-corrected chi connectivity index (χ3v) is 8.95. The molecule has 7 aromatic carbocycles. The van der Waals surface area contributed by atoms with E-state index < -0.39 is 0 Å². The van der Waals surface area contributed by atoms with Gasteiger partial charge in [0.25, 0.3) is 0 Å². The van der Waals surface area contributed by atoms with Crippen molar-refractivity contribution in [2.75, 3.05) is 0 Å². The van der Waals surface area contributed by atoms with Gasteiger partial charge < -0.3 is 4.42 Å². The molecule has 2 aromatic heterocycles. The van der Waals surface area contributed by atoms with E-state index in [1.54, 1.807) is 0 Å². The number of hydrogen-bond acceptors (Lipinski definition) is 4. The van der Waals surface area contributed by atoms with Gasteiger partial charge in [0.05, 0.1) is 0 Å². The molecule has 0 amide bonds. The van der Waals surface area contributed by atoms with Crippen LogP contribution in [-0.4, -0.2) is 15.0 Å². The Kier molecular flexibility index (Phi) is 7.10. The molecule has 0 N–H and O–H groups in total. The number of rotatable bonds is 6. The van der Waals surface area contributed by atoms with Gasteiger partial charge in [-0.2, -0.15) is 0 Å². The van der Waals surface area contributed by atoms with Crippen LogP contribution in [0.15, 0.2) is 180 Å². The molecular weight excluding hydrogens is 599 g/mol. The number of para-hydroxylation sites is 1. The molecule has 4 heteroatoms. The Balaban J connectivity index is 1.19. The highest BCUT2D eigenvalue weighted by Gasteiger charge is 2.17. The van der Waals surface area contributed by atoms with E-state index in [-0.39, 0.29) is 0 Å². The van der Waals surface area contributed by atoms with Gasteiger partial charge in [0.1, 0.15) is 11.2 Å². The quantitative estimate of drug-likeness (QED) is 0.184. The predicted octanol–water partition coefficient (Wildman–Crippen LogP) is 11.8. The first kappa shape index (κ1) is 28.6.